The molecule has 9 nitrogen and oxygen atoms in total. The third kappa shape index (κ3) is 6.23. The van der Waals surface area contributed by atoms with E-state index >= 15 is 0 Å². The van der Waals surface area contributed by atoms with E-state index in [-0.39, 0.29) is 18.3 Å². The van der Waals surface area contributed by atoms with Gasteiger partial charge in [-0.15, -0.1) is 5.10 Å². The molecule has 0 bridgehead atoms. The summed E-state index contributed by atoms with van der Waals surface area (Å²) in [6.07, 6.45) is 2.04. The zero-order valence-corrected chi connectivity index (χ0v) is 25.1. The van der Waals surface area contributed by atoms with Gasteiger partial charge in [-0.3, -0.25) is 9.59 Å². The number of carbonyl (C=O) groups excluding carboxylic acids is 2. The van der Waals surface area contributed by atoms with Crippen LogP contribution in [0.1, 0.15) is 57.2 Å². The van der Waals surface area contributed by atoms with Gasteiger partial charge in [0.25, 0.3) is 5.91 Å². The van der Waals surface area contributed by atoms with Crippen LogP contribution in [0.5, 0.6) is 11.5 Å². The van der Waals surface area contributed by atoms with E-state index in [9.17, 15) is 9.59 Å². The van der Waals surface area contributed by atoms with Gasteiger partial charge >= 0.3 is 0 Å². The van der Waals surface area contributed by atoms with Crippen molar-refractivity contribution in [3.05, 3.63) is 69.9 Å². The Morgan fingerprint density at radius 2 is 1.93 bits per heavy atom. The summed E-state index contributed by atoms with van der Waals surface area (Å²) in [7, 11) is 0. The maximum absolute atomic E-state index is 13.3. The number of carbonyl (C=O) groups is 2. The number of likely N-dealkylation sites (N-methyl/N-ethyl adjacent to an activating group) is 1. The number of benzene rings is 2. The van der Waals surface area contributed by atoms with Gasteiger partial charge in [0, 0.05) is 41.6 Å². The van der Waals surface area contributed by atoms with Crippen LogP contribution in [0.15, 0.2) is 58.9 Å². The second-order valence-electron chi connectivity index (χ2n) is 9.73. The molecule has 1 N–H and O–H groups in total. The Morgan fingerprint density at radius 1 is 1.12 bits per heavy atom. The molecule has 0 saturated heterocycles. The molecule has 1 aromatic heterocycles. The van der Waals surface area contributed by atoms with E-state index in [2.05, 4.69) is 5.32 Å². The number of aromatic nitrogens is 3. The number of thioether (sulfide) groups is 1. The Labute approximate surface area is 249 Å². The molecule has 5 rings (SSSR count). The summed E-state index contributed by atoms with van der Waals surface area (Å²) < 4.78 is 13.6. The molecule has 2 aromatic carbocycles. The molecule has 0 radical (unpaired) electrons. The number of amides is 1. The summed E-state index contributed by atoms with van der Waals surface area (Å²) in [6, 6.07) is 12.8. The van der Waals surface area contributed by atoms with Crippen LogP contribution >= 0.6 is 23.4 Å². The summed E-state index contributed by atoms with van der Waals surface area (Å²) in [5, 5.41) is 9.49. The van der Waals surface area contributed by atoms with Gasteiger partial charge in [-0.05, 0) is 62.9 Å². The summed E-state index contributed by atoms with van der Waals surface area (Å²) in [5.41, 5.74) is 3.41. The van der Waals surface area contributed by atoms with E-state index in [4.69, 9.17) is 31.2 Å². The van der Waals surface area contributed by atoms with E-state index in [0.717, 1.165) is 29.7 Å². The van der Waals surface area contributed by atoms with Gasteiger partial charge in [0.05, 0.1) is 6.61 Å². The molecule has 1 atom stereocenters. The fraction of sp³-hybridized carbons (Fsp3) is 0.400. The van der Waals surface area contributed by atoms with Crippen molar-refractivity contribution in [1.29, 1.82) is 0 Å². The average molecular weight is 596 g/mol. The summed E-state index contributed by atoms with van der Waals surface area (Å²) in [4.78, 5) is 32.3. The number of Topliss-reactive ketones (excluding diaryl/α,β-unsaturated/α-hetero) is 1. The number of hydrogen-bond acceptors (Lipinski definition) is 8. The highest BCUT2D eigenvalue weighted by atomic mass is 35.5. The van der Waals surface area contributed by atoms with Gasteiger partial charge in [0.2, 0.25) is 11.1 Å². The molecule has 41 heavy (non-hydrogen) atoms. The molecule has 0 saturated carbocycles. The Hall–Kier alpha value is -3.50. The van der Waals surface area contributed by atoms with Gasteiger partial charge < -0.3 is 19.7 Å². The first-order chi connectivity index (χ1) is 19.9. The molecular weight excluding hydrogens is 562 g/mol. The molecule has 2 heterocycles. The van der Waals surface area contributed by atoms with Crippen molar-refractivity contribution >= 4 is 41.0 Å². The van der Waals surface area contributed by atoms with Crippen LogP contribution in [0.4, 0.5) is 5.95 Å². The number of nitrogens with zero attached hydrogens (tertiary/aromatic N) is 4. The molecule has 0 spiro atoms. The summed E-state index contributed by atoms with van der Waals surface area (Å²) >= 11 is 7.85. The smallest absolute Gasteiger partial charge is 0.260 e. The summed E-state index contributed by atoms with van der Waals surface area (Å²) in [6.45, 7) is 7.35. The molecule has 11 heteroatoms. The fourth-order valence-corrected chi connectivity index (χ4v) is 6.27. The molecule has 1 aliphatic carbocycles. The monoisotopic (exact) mass is 595 g/mol. The predicted molar refractivity (Wildman–Crippen MR) is 160 cm³/mol. The maximum Gasteiger partial charge on any atom is 0.260 e. The molecule has 216 valence electrons. The third-order valence-corrected chi connectivity index (χ3v) is 8.47. The SMILES string of the molecule is CCOc1cc(C2C3=C(CCCC3=O)Nc3nc(SCc4ccccc4Cl)nn32)ccc1OCC(=O)N(CC)CC. The number of ketones is 1. The number of halogens is 1. The van der Waals surface area contributed by atoms with Crippen LogP contribution in [0.3, 0.4) is 0 Å². The molecule has 2 aliphatic rings. The van der Waals surface area contributed by atoms with Crippen molar-refractivity contribution in [2.45, 2.75) is 57.0 Å². The first-order valence-electron chi connectivity index (χ1n) is 14.0. The number of fused-ring (bicyclic) bond motifs is 1. The van der Waals surface area contributed by atoms with Gasteiger partial charge in [-0.25, -0.2) is 4.68 Å². The lowest BCUT2D eigenvalue weighted by atomic mass is 9.85. The number of ether oxygens (including phenoxy) is 2. The number of hydrogen-bond donors (Lipinski definition) is 1. The number of rotatable bonds is 11. The first kappa shape index (κ1) is 29.0. The predicted octanol–water partition coefficient (Wildman–Crippen LogP) is 5.89. The zero-order valence-electron chi connectivity index (χ0n) is 23.5. The Bertz CT molecular complexity index is 1470. The van der Waals surface area contributed by atoms with Crippen molar-refractivity contribution in [2.24, 2.45) is 0 Å². The van der Waals surface area contributed by atoms with Crippen molar-refractivity contribution in [1.82, 2.24) is 19.7 Å². The highest BCUT2D eigenvalue weighted by molar-refractivity contribution is 7.98. The van der Waals surface area contributed by atoms with Crippen LogP contribution in [0.25, 0.3) is 0 Å². The Kier molecular flexibility index (Phi) is 9.19. The van der Waals surface area contributed by atoms with Crippen molar-refractivity contribution in [2.75, 3.05) is 31.6 Å². The lowest BCUT2D eigenvalue weighted by Crippen LogP contribution is -2.34. The van der Waals surface area contributed by atoms with Gasteiger partial charge in [0.1, 0.15) is 6.04 Å². The van der Waals surface area contributed by atoms with Crippen molar-refractivity contribution in [3.8, 4) is 11.5 Å². The minimum Gasteiger partial charge on any atom is -0.490 e. The lowest BCUT2D eigenvalue weighted by Gasteiger charge is -2.32. The maximum atomic E-state index is 13.3. The molecular formula is C30H34ClN5O4S. The number of nitrogens with one attached hydrogen (secondary N) is 1. The second-order valence-corrected chi connectivity index (χ2v) is 11.1. The zero-order chi connectivity index (χ0) is 28.9. The van der Waals surface area contributed by atoms with Crippen LogP contribution in [-0.4, -0.2) is 57.7 Å². The second kappa shape index (κ2) is 13.0. The lowest BCUT2D eigenvalue weighted by molar-refractivity contribution is -0.133. The van der Waals surface area contributed by atoms with Crippen molar-refractivity contribution in [3.63, 3.8) is 0 Å². The van der Waals surface area contributed by atoms with Gasteiger partial charge in [-0.1, -0.05) is 47.6 Å². The van der Waals surface area contributed by atoms with Crippen LogP contribution in [-0.2, 0) is 15.3 Å². The topological polar surface area (TPSA) is 98.6 Å². The highest BCUT2D eigenvalue weighted by Crippen LogP contribution is 2.43. The summed E-state index contributed by atoms with van der Waals surface area (Å²) in [5.74, 6) is 2.20. The van der Waals surface area contributed by atoms with Crippen LogP contribution in [0, 0.1) is 0 Å². The minimum absolute atomic E-state index is 0.0819. The number of allylic oxidation sites excluding steroid dienone is 2. The van der Waals surface area contributed by atoms with E-state index in [0.29, 0.717) is 65.1 Å². The Balaban J connectivity index is 1.47. The van der Waals surface area contributed by atoms with Crippen LogP contribution in [0.2, 0.25) is 5.02 Å². The Morgan fingerprint density at radius 3 is 2.68 bits per heavy atom. The van der Waals surface area contributed by atoms with Gasteiger partial charge in [-0.2, -0.15) is 4.98 Å². The van der Waals surface area contributed by atoms with E-state index in [1.54, 1.807) is 15.6 Å². The first-order valence-corrected chi connectivity index (χ1v) is 15.3. The largest absolute Gasteiger partial charge is 0.490 e. The van der Waals surface area contributed by atoms with Crippen LogP contribution < -0.4 is 14.8 Å². The molecule has 1 amide bonds. The van der Waals surface area contributed by atoms with E-state index in [1.165, 1.54) is 11.8 Å². The molecule has 0 fully saturated rings. The highest BCUT2D eigenvalue weighted by Gasteiger charge is 2.37. The number of anilines is 1. The quantitative estimate of drug-likeness (QED) is 0.274. The van der Waals surface area contributed by atoms with E-state index < -0.39 is 6.04 Å². The third-order valence-electron chi connectivity index (χ3n) is 7.21. The molecule has 1 unspecified atom stereocenters. The van der Waals surface area contributed by atoms with Gasteiger partial charge in [0.15, 0.2) is 23.9 Å². The normalized spacial score (nSPS) is 16.1. The standard InChI is InChI=1S/C30H34ClN5O4S/c1-4-35(5-2)26(38)17-40-24-15-14-19(16-25(24)39-6-3)28-27-22(12-9-13-23(27)37)32-29-33-30(34-36(28)29)41-18-20-10-7-8-11-21(20)31/h7-8,10-11,14-16,28H,4-6,9,12-13,17-18H2,1-3H3,(H,32,33,34). The average Bonchev–Trinajstić information content (AvgIpc) is 3.38. The molecule has 1 aliphatic heterocycles. The molecule has 3 aromatic rings. The fourth-order valence-electron chi connectivity index (χ4n) is 5.15. The van der Waals surface area contributed by atoms with Crippen molar-refractivity contribution < 1.29 is 19.1 Å². The van der Waals surface area contributed by atoms with E-state index in [1.807, 2.05) is 57.2 Å². The minimum atomic E-state index is -0.471.